The highest BCUT2D eigenvalue weighted by Gasteiger charge is 2.27. The number of hydrogen-bond donors (Lipinski definition) is 2. The van der Waals surface area contributed by atoms with Gasteiger partial charge in [0, 0.05) is 31.1 Å². The third-order valence-corrected chi connectivity index (χ3v) is 6.00. The Hall–Kier alpha value is -1.94. The quantitative estimate of drug-likeness (QED) is 0.656. The van der Waals surface area contributed by atoms with Crippen LogP contribution in [0.1, 0.15) is 43.6 Å². The van der Waals surface area contributed by atoms with Crippen LogP contribution in [0.5, 0.6) is 0 Å². The normalized spacial score (nSPS) is 20.0. The van der Waals surface area contributed by atoms with E-state index in [2.05, 4.69) is 15.0 Å². The molecule has 1 aliphatic heterocycles. The van der Waals surface area contributed by atoms with Crippen molar-refractivity contribution < 1.29 is 17.6 Å². The molecule has 30 heavy (non-hydrogen) atoms. The lowest BCUT2D eigenvalue weighted by atomic mass is 9.78. The SMILES string of the molecule is CN(C)CCNS(=O)OCC(=O)NC1=NC2=C(CC1)C(c1ccc(F)cc1)CCC2. The van der Waals surface area contributed by atoms with Crippen LogP contribution in [-0.4, -0.2) is 54.6 Å². The summed E-state index contributed by atoms with van der Waals surface area (Å²) in [6.45, 7) is 0.916. The van der Waals surface area contributed by atoms with Crippen molar-refractivity contribution in [1.29, 1.82) is 0 Å². The molecule has 1 aromatic rings. The number of rotatable bonds is 8. The Morgan fingerprint density at radius 1 is 1.27 bits per heavy atom. The Kier molecular flexibility index (Phi) is 8.26. The topological polar surface area (TPSA) is 83.0 Å². The first-order chi connectivity index (χ1) is 14.4. The molecule has 2 unspecified atom stereocenters. The van der Waals surface area contributed by atoms with Crippen LogP contribution in [0, 0.1) is 5.82 Å². The number of hydrogen-bond acceptors (Lipinski definition) is 5. The predicted molar refractivity (Wildman–Crippen MR) is 115 cm³/mol. The van der Waals surface area contributed by atoms with Crippen molar-refractivity contribution in [2.75, 3.05) is 33.8 Å². The molecule has 0 bridgehead atoms. The summed E-state index contributed by atoms with van der Waals surface area (Å²) < 4.78 is 32.7. The van der Waals surface area contributed by atoms with Crippen LogP contribution in [0.2, 0.25) is 0 Å². The first kappa shape index (κ1) is 22.7. The van der Waals surface area contributed by atoms with Crippen LogP contribution in [-0.2, 0) is 20.2 Å². The fourth-order valence-electron chi connectivity index (χ4n) is 3.78. The molecule has 1 heterocycles. The number of allylic oxidation sites excluding steroid dienone is 2. The molecular weight excluding hydrogens is 407 g/mol. The van der Waals surface area contributed by atoms with E-state index in [-0.39, 0.29) is 24.2 Å². The van der Waals surface area contributed by atoms with Crippen LogP contribution in [0.3, 0.4) is 0 Å². The molecule has 2 aliphatic rings. The highest BCUT2D eigenvalue weighted by molar-refractivity contribution is 7.78. The van der Waals surface area contributed by atoms with Crippen molar-refractivity contribution in [2.45, 2.75) is 38.0 Å². The van der Waals surface area contributed by atoms with Gasteiger partial charge in [0.05, 0.1) is 0 Å². The second kappa shape index (κ2) is 10.9. The number of nitrogens with zero attached hydrogens (tertiary/aromatic N) is 2. The second-order valence-corrected chi connectivity index (χ2v) is 8.76. The molecule has 0 saturated heterocycles. The van der Waals surface area contributed by atoms with Crippen LogP contribution in [0.15, 0.2) is 40.5 Å². The Morgan fingerprint density at radius 3 is 2.77 bits per heavy atom. The highest BCUT2D eigenvalue weighted by atomic mass is 32.2. The zero-order valence-corrected chi connectivity index (χ0v) is 18.3. The van der Waals surface area contributed by atoms with Gasteiger partial charge in [0.15, 0.2) is 0 Å². The molecule has 1 aromatic carbocycles. The average Bonchev–Trinajstić information content (AvgIpc) is 2.72. The van der Waals surface area contributed by atoms with Crippen molar-refractivity contribution in [3.8, 4) is 0 Å². The Morgan fingerprint density at radius 2 is 2.03 bits per heavy atom. The van der Waals surface area contributed by atoms with Crippen molar-refractivity contribution in [3.63, 3.8) is 0 Å². The number of halogens is 1. The number of nitrogens with one attached hydrogen (secondary N) is 2. The van der Waals surface area contributed by atoms with Gasteiger partial charge >= 0.3 is 0 Å². The van der Waals surface area contributed by atoms with E-state index < -0.39 is 11.3 Å². The smallest absolute Gasteiger partial charge is 0.252 e. The van der Waals surface area contributed by atoms with E-state index in [0.717, 1.165) is 36.9 Å². The summed E-state index contributed by atoms with van der Waals surface area (Å²) in [7, 11) is 3.83. The third kappa shape index (κ3) is 6.53. The van der Waals surface area contributed by atoms with Crippen LogP contribution in [0.25, 0.3) is 0 Å². The molecule has 0 saturated carbocycles. The second-order valence-electron chi connectivity index (χ2n) is 7.77. The van der Waals surface area contributed by atoms with Gasteiger partial charge in [-0.05, 0) is 63.0 Å². The minimum atomic E-state index is -1.71. The van der Waals surface area contributed by atoms with E-state index in [0.29, 0.717) is 25.3 Å². The van der Waals surface area contributed by atoms with Crippen molar-refractivity contribution in [2.24, 2.45) is 4.99 Å². The summed E-state index contributed by atoms with van der Waals surface area (Å²) in [5, 5.41) is 2.78. The maximum Gasteiger partial charge on any atom is 0.252 e. The van der Waals surface area contributed by atoms with Gasteiger partial charge in [-0.15, -0.1) is 0 Å². The number of aliphatic imine (C=N–C) groups is 1. The Balaban J connectivity index is 1.54. The average molecular weight is 437 g/mol. The maximum absolute atomic E-state index is 13.3. The largest absolute Gasteiger partial charge is 0.312 e. The van der Waals surface area contributed by atoms with Gasteiger partial charge in [0.2, 0.25) is 11.3 Å². The van der Waals surface area contributed by atoms with Gasteiger partial charge in [-0.1, -0.05) is 12.1 Å². The van der Waals surface area contributed by atoms with Crippen molar-refractivity contribution in [1.82, 2.24) is 14.9 Å². The van der Waals surface area contributed by atoms with Crippen LogP contribution in [0.4, 0.5) is 4.39 Å². The van der Waals surface area contributed by atoms with Gasteiger partial charge < -0.3 is 10.2 Å². The van der Waals surface area contributed by atoms with E-state index in [1.165, 1.54) is 17.7 Å². The number of amidine groups is 1. The summed E-state index contributed by atoms with van der Waals surface area (Å²) in [6.07, 6.45) is 4.36. The van der Waals surface area contributed by atoms with Crippen LogP contribution < -0.4 is 10.0 Å². The van der Waals surface area contributed by atoms with E-state index in [1.807, 2.05) is 31.1 Å². The van der Waals surface area contributed by atoms with Crippen molar-refractivity contribution >= 4 is 23.0 Å². The van der Waals surface area contributed by atoms with E-state index in [4.69, 9.17) is 4.18 Å². The lowest BCUT2D eigenvalue weighted by molar-refractivity contribution is -0.121. The summed E-state index contributed by atoms with van der Waals surface area (Å²) in [6, 6.07) is 6.70. The molecule has 0 fully saturated rings. The lowest BCUT2D eigenvalue weighted by Crippen LogP contribution is -2.36. The minimum absolute atomic E-state index is 0.230. The Bertz CT molecular complexity index is 839. The molecule has 0 radical (unpaired) electrons. The monoisotopic (exact) mass is 436 g/mol. The number of amides is 1. The standard InChI is InChI=1S/C21H29FN4O3S/c1-26(2)13-12-23-30(28)29-14-21(27)25-20-11-10-18-17(4-3-5-19(18)24-20)15-6-8-16(22)9-7-15/h6-9,17,23H,3-5,10-14H2,1-2H3,(H,24,25,27). The summed E-state index contributed by atoms with van der Waals surface area (Å²) in [5.41, 5.74) is 3.42. The maximum atomic E-state index is 13.3. The first-order valence-electron chi connectivity index (χ1n) is 10.2. The Labute approximate surface area is 179 Å². The van der Waals surface area contributed by atoms with Gasteiger partial charge in [-0.3, -0.25) is 8.98 Å². The molecule has 2 atom stereocenters. The summed E-state index contributed by atoms with van der Waals surface area (Å²) in [4.78, 5) is 18.8. The zero-order chi connectivity index (χ0) is 21.5. The molecule has 164 valence electrons. The summed E-state index contributed by atoms with van der Waals surface area (Å²) >= 11 is -1.71. The molecular formula is C21H29FN4O3S. The molecule has 9 heteroatoms. The molecule has 1 aliphatic carbocycles. The molecule has 7 nitrogen and oxygen atoms in total. The van der Waals surface area contributed by atoms with E-state index in [1.54, 1.807) is 0 Å². The number of likely N-dealkylation sites (N-methyl/N-ethyl adjacent to an activating group) is 1. The number of carbonyl (C=O) groups is 1. The van der Waals surface area contributed by atoms with Crippen LogP contribution >= 0.6 is 0 Å². The summed E-state index contributed by atoms with van der Waals surface area (Å²) in [5.74, 6) is 0.278. The number of benzene rings is 1. The third-order valence-electron chi connectivity index (χ3n) is 5.23. The predicted octanol–water partition coefficient (Wildman–Crippen LogP) is 2.40. The van der Waals surface area contributed by atoms with Gasteiger partial charge in [0.25, 0.3) is 5.91 Å². The highest BCUT2D eigenvalue weighted by Crippen LogP contribution is 2.42. The van der Waals surface area contributed by atoms with E-state index in [9.17, 15) is 13.4 Å². The number of carbonyl (C=O) groups excluding carboxylic acids is 1. The van der Waals surface area contributed by atoms with Gasteiger partial charge in [-0.25, -0.2) is 18.3 Å². The molecule has 0 aromatic heterocycles. The fraction of sp³-hybridized carbons (Fsp3) is 0.524. The molecule has 1 amide bonds. The first-order valence-corrected chi connectivity index (χ1v) is 11.3. The minimum Gasteiger partial charge on any atom is -0.312 e. The zero-order valence-electron chi connectivity index (χ0n) is 17.4. The van der Waals surface area contributed by atoms with Crippen molar-refractivity contribution in [3.05, 3.63) is 46.9 Å². The van der Waals surface area contributed by atoms with E-state index >= 15 is 0 Å². The molecule has 2 N–H and O–H groups in total. The molecule has 3 rings (SSSR count). The van der Waals surface area contributed by atoms with Gasteiger partial charge in [-0.2, -0.15) is 0 Å². The van der Waals surface area contributed by atoms with Gasteiger partial charge in [0.1, 0.15) is 18.3 Å². The molecule has 0 spiro atoms. The lowest BCUT2D eigenvalue weighted by Gasteiger charge is -2.30. The fourth-order valence-corrected chi connectivity index (χ4v) is 4.33.